The molecule has 26 heavy (non-hydrogen) atoms. The molecule has 0 saturated heterocycles. The first-order valence-corrected chi connectivity index (χ1v) is 8.95. The summed E-state index contributed by atoms with van der Waals surface area (Å²) in [6.45, 7) is 2.47. The molecule has 0 atom stereocenters. The minimum absolute atomic E-state index is 0.243. The Kier molecular flexibility index (Phi) is 4.37. The fraction of sp³-hybridized carbons (Fsp3) is 0.105. The van der Waals surface area contributed by atoms with Crippen LogP contribution in [0.15, 0.2) is 68.7 Å². The average molecular weight is 365 g/mol. The van der Waals surface area contributed by atoms with E-state index in [1.165, 1.54) is 22.3 Å². The molecule has 4 rings (SSSR count). The van der Waals surface area contributed by atoms with Crippen LogP contribution in [0.3, 0.4) is 0 Å². The van der Waals surface area contributed by atoms with Crippen LogP contribution in [0.1, 0.15) is 12.5 Å². The number of aromatic nitrogens is 2. The minimum atomic E-state index is -0.243. The first-order chi connectivity index (χ1) is 12.8. The number of hydrogen-bond donors (Lipinski definition) is 0. The second-order valence-corrected chi connectivity index (χ2v) is 6.27. The standard InChI is InChI=1S/C19H15N3O3S/c1-2-24-15-7-4-3-6-13(15)10-21-22-12-20-18-17(19(22)23)14(11-26-18)16-8-5-9-25-16/h3-12H,2H2,1H3/b21-10-. The number of thiophene rings is 1. The molecule has 0 bridgehead atoms. The van der Waals surface area contributed by atoms with Gasteiger partial charge in [-0.3, -0.25) is 4.79 Å². The second kappa shape index (κ2) is 6.97. The Bertz CT molecular complexity index is 1130. The van der Waals surface area contributed by atoms with Crippen LogP contribution in [-0.2, 0) is 0 Å². The molecule has 1 aromatic carbocycles. The van der Waals surface area contributed by atoms with Crippen molar-refractivity contribution < 1.29 is 9.15 Å². The third-order valence-electron chi connectivity index (χ3n) is 3.80. The van der Waals surface area contributed by atoms with Gasteiger partial charge in [-0.05, 0) is 31.2 Å². The maximum absolute atomic E-state index is 12.9. The molecule has 0 aliphatic carbocycles. The Morgan fingerprint density at radius 2 is 2.19 bits per heavy atom. The third-order valence-corrected chi connectivity index (χ3v) is 4.69. The number of hydrogen-bond acceptors (Lipinski definition) is 6. The molecule has 0 aliphatic rings. The van der Waals surface area contributed by atoms with E-state index < -0.39 is 0 Å². The fourth-order valence-corrected chi connectivity index (χ4v) is 3.50. The zero-order chi connectivity index (χ0) is 17.9. The van der Waals surface area contributed by atoms with Gasteiger partial charge in [-0.1, -0.05) is 12.1 Å². The summed E-state index contributed by atoms with van der Waals surface area (Å²) >= 11 is 1.40. The number of para-hydroxylation sites is 1. The summed E-state index contributed by atoms with van der Waals surface area (Å²) in [5, 5.41) is 6.66. The monoisotopic (exact) mass is 365 g/mol. The molecule has 0 aliphatic heterocycles. The van der Waals surface area contributed by atoms with Gasteiger partial charge in [0.15, 0.2) is 0 Å². The Morgan fingerprint density at radius 1 is 1.31 bits per heavy atom. The van der Waals surface area contributed by atoms with Crippen LogP contribution in [0.2, 0.25) is 0 Å². The van der Waals surface area contributed by atoms with Crippen LogP contribution in [0.5, 0.6) is 5.75 Å². The van der Waals surface area contributed by atoms with Crippen molar-refractivity contribution in [2.45, 2.75) is 6.92 Å². The van der Waals surface area contributed by atoms with Crippen LogP contribution in [0, 0.1) is 0 Å². The van der Waals surface area contributed by atoms with Crippen LogP contribution < -0.4 is 10.3 Å². The SMILES string of the molecule is CCOc1ccccc1/C=N\n1cnc2scc(-c3ccco3)c2c1=O. The predicted octanol–water partition coefficient (Wildman–Crippen LogP) is 4.00. The molecule has 0 fully saturated rings. The van der Waals surface area contributed by atoms with Crippen molar-refractivity contribution in [3.8, 4) is 17.1 Å². The van der Waals surface area contributed by atoms with E-state index in [0.29, 0.717) is 28.3 Å². The zero-order valence-electron chi connectivity index (χ0n) is 14.0. The lowest BCUT2D eigenvalue weighted by molar-refractivity contribution is 0.340. The van der Waals surface area contributed by atoms with Gasteiger partial charge in [0, 0.05) is 16.5 Å². The quantitative estimate of drug-likeness (QED) is 0.501. The van der Waals surface area contributed by atoms with Crippen molar-refractivity contribution in [1.82, 2.24) is 9.66 Å². The van der Waals surface area contributed by atoms with E-state index in [2.05, 4.69) is 10.1 Å². The zero-order valence-corrected chi connectivity index (χ0v) is 14.8. The number of fused-ring (bicyclic) bond motifs is 1. The highest BCUT2D eigenvalue weighted by Gasteiger charge is 2.14. The van der Waals surface area contributed by atoms with Gasteiger partial charge in [-0.15, -0.1) is 11.3 Å². The van der Waals surface area contributed by atoms with Gasteiger partial charge in [0.2, 0.25) is 0 Å². The molecular formula is C19H15N3O3S. The van der Waals surface area contributed by atoms with Crippen molar-refractivity contribution in [2.75, 3.05) is 6.61 Å². The molecule has 0 amide bonds. The van der Waals surface area contributed by atoms with Gasteiger partial charge in [-0.25, -0.2) is 4.98 Å². The van der Waals surface area contributed by atoms with Crippen molar-refractivity contribution in [3.05, 3.63) is 70.3 Å². The number of furan rings is 1. The smallest absolute Gasteiger partial charge is 0.283 e. The van der Waals surface area contributed by atoms with E-state index in [4.69, 9.17) is 9.15 Å². The van der Waals surface area contributed by atoms with E-state index in [1.54, 1.807) is 18.5 Å². The predicted molar refractivity (Wildman–Crippen MR) is 102 cm³/mol. The normalized spacial score (nSPS) is 11.4. The molecular weight excluding hydrogens is 350 g/mol. The topological polar surface area (TPSA) is 69.6 Å². The summed E-state index contributed by atoms with van der Waals surface area (Å²) in [5.41, 5.74) is 1.28. The molecule has 3 aromatic heterocycles. The summed E-state index contributed by atoms with van der Waals surface area (Å²) < 4.78 is 12.2. The van der Waals surface area contributed by atoms with Gasteiger partial charge in [-0.2, -0.15) is 9.78 Å². The Morgan fingerprint density at radius 3 is 3.00 bits per heavy atom. The summed E-state index contributed by atoms with van der Waals surface area (Å²) in [5.74, 6) is 1.35. The second-order valence-electron chi connectivity index (χ2n) is 5.42. The van der Waals surface area contributed by atoms with Gasteiger partial charge < -0.3 is 9.15 Å². The highest BCUT2D eigenvalue weighted by molar-refractivity contribution is 7.17. The van der Waals surface area contributed by atoms with E-state index in [0.717, 1.165) is 11.1 Å². The Labute approximate surface area is 153 Å². The molecule has 0 saturated carbocycles. The molecule has 3 heterocycles. The van der Waals surface area contributed by atoms with E-state index >= 15 is 0 Å². The molecule has 0 spiro atoms. The summed E-state index contributed by atoms with van der Waals surface area (Å²) in [4.78, 5) is 17.9. The minimum Gasteiger partial charge on any atom is -0.493 e. The number of benzene rings is 1. The largest absolute Gasteiger partial charge is 0.493 e. The lowest BCUT2D eigenvalue weighted by Crippen LogP contribution is -2.16. The average Bonchev–Trinajstić information content (AvgIpc) is 3.32. The molecule has 0 radical (unpaired) electrons. The first kappa shape index (κ1) is 16.3. The molecule has 7 heteroatoms. The van der Waals surface area contributed by atoms with Crippen LogP contribution in [0.4, 0.5) is 0 Å². The van der Waals surface area contributed by atoms with Crippen LogP contribution >= 0.6 is 11.3 Å². The fourth-order valence-electron chi connectivity index (χ4n) is 2.62. The van der Waals surface area contributed by atoms with E-state index in [9.17, 15) is 4.79 Å². The Balaban J connectivity index is 1.78. The van der Waals surface area contributed by atoms with Crippen LogP contribution in [0.25, 0.3) is 21.5 Å². The number of ether oxygens (including phenoxy) is 1. The van der Waals surface area contributed by atoms with E-state index in [1.807, 2.05) is 42.6 Å². The third kappa shape index (κ3) is 2.93. The van der Waals surface area contributed by atoms with Crippen molar-refractivity contribution in [3.63, 3.8) is 0 Å². The summed E-state index contributed by atoms with van der Waals surface area (Å²) in [6.07, 6.45) is 4.60. The lowest BCUT2D eigenvalue weighted by atomic mass is 10.2. The van der Waals surface area contributed by atoms with Crippen LogP contribution in [-0.4, -0.2) is 22.5 Å². The van der Waals surface area contributed by atoms with Crippen molar-refractivity contribution in [1.29, 1.82) is 0 Å². The lowest BCUT2D eigenvalue weighted by Gasteiger charge is -2.06. The maximum atomic E-state index is 12.9. The summed E-state index contributed by atoms with van der Waals surface area (Å²) in [7, 11) is 0. The molecule has 4 aromatic rings. The molecule has 0 N–H and O–H groups in total. The highest BCUT2D eigenvalue weighted by Crippen LogP contribution is 2.30. The Hall–Kier alpha value is -3.19. The molecule has 130 valence electrons. The van der Waals surface area contributed by atoms with Gasteiger partial charge in [0.05, 0.1) is 24.5 Å². The van der Waals surface area contributed by atoms with E-state index in [-0.39, 0.29) is 5.56 Å². The number of nitrogens with zero attached hydrogens (tertiary/aromatic N) is 3. The molecule has 0 unspecified atom stereocenters. The van der Waals surface area contributed by atoms with Crippen molar-refractivity contribution in [2.24, 2.45) is 5.10 Å². The first-order valence-electron chi connectivity index (χ1n) is 8.07. The highest BCUT2D eigenvalue weighted by atomic mass is 32.1. The molecule has 6 nitrogen and oxygen atoms in total. The van der Waals surface area contributed by atoms with Crippen molar-refractivity contribution >= 4 is 27.8 Å². The maximum Gasteiger partial charge on any atom is 0.283 e. The van der Waals surface area contributed by atoms with Gasteiger partial charge >= 0.3 is 0 Å². The summed E-state index contributed by atoms with van der Waals surface area (Å²) in [6, 6.07) is 11.1. The number of rotatable bonds is 5. The van der Waals surface area contributed by atoms with Gasteiger partial charge in [0.25, 0.3) is 5.56 Å². The van der Waals surface area contributed by atoms with Gasteiger partial charge in [0.1, 0.15) is 22.7 Å².